The molecule has 0 saturated carbocycles. The van der Waals surface area contributed by atoms with Crippen LogP contribution in [-0.2, 0) is 0 Å². The number of benzene rings is 1. The Morgan fingerprint density at radius 3 is 2.94 bits per heavy atom. The van der Waals surface area contributed by atoms with Gasteiger partial charge in [-0.05, 0) is 36.8 Å². The summed E-state index contributed by atoms with van der Waals surface area (Å²) in [6.07, 6.45) is 3.57. The Hall–Kier alpha value is -0.740. The molecule has 1 aromatic rings. The quantitative estimate of drug-likeness (QED) is 0.901. The Bertz CT molecular complexity index is 380. The number of hydrogen-bond donors (Lipinski definition) is 1. The summed E-state index contributed by atoms with van der Waals surface area (Å²) in [4.78, 5) is 0. The zero-order valence-corrected chi connectivity index (χ0v) is 10.8. The van der Waals surface area contributed by atoms with Gasteiger partial charge in [0.05, 0.1) is 7.11 Å². The summed E-state index contributed by atoms with van der Waals surface area (Å²) >= 11 is 1.89. The van der Waals surface area contributed by atoms with Crippen LogP contribution in [0.3, 0.4) is 0 Å². The molecule has 1 fully saturated rings. The molecule has 1 saturated heterocycles. The molecule has 0 radical (unpaired) electrons. The van der Waals surface area contributed by atoms with Crippen LogP contribution in [0.15, 0.2) is 18.2 Å². The summed E-state index contributed by atoms with van der Waals surface area (Å²) in [6, 6.07) is 4.41. The molecule has 2 atom stereocenters. The van der Waals surface area contributed by atoms with E-state index in [1.54, 1.807) is 13.2 Å². The average Bonchev–Trinajstić information content (AvgIpc) is 2.39. The van der Waals surface area contributed by atoms with Gasteiger partial charge in [0.25, 0.3) is 0 Å². The average molecular weight is 255 g/mol. The Labute approximate surface area is 106 Å². The lowest BCUT2D eigenvalue weighted by atomic mass is 9.99. The largest absolute Gasteiger partial charge is 0.496 e. The molecule has 94 valence electrons. The molecule has 1 aromatic carbocycles. The van der Waals surface area contributed by atoms with Crippen molar-refractivity contribution < 1.29 is 9.13 Å². The fourth-order valence-electron chi connectivity index (χ4n) is 2.21. The maximum atomic E-state index is 13.3. The number of methoxy groups -OCH3 is 1. The molecular weight excluding hydrogens is 237 g/mol. The number of hydrogen-bond acceptors (Lipinski definition) is 3. The Morgan fingerprint density at radius 2 is 2.29 bits per heavy atom. The van der Waals surface area contributed by atoms with E-state index in [9.17, 15) is 4.39 Å². The predicted octanol–water partition coefficient (Wildman–Crippen LogP) is 3.12. The maximum Gasteiger partial charge on any atom is 0.123 e. The lowest BCUT2D eigenvalue weighted by molar-refractivity contribution is 0.402. The molecule has 2 rings (SSSR count). The van der Waals surface area contributed by atoms with Gasteiger partial charge < -0.3 is 10.5 Å². The molecule has 0 spiro atoms. The maximum absolute atomic E-state index is 13.3. The number of thioether (sulfide) groups is 1. The van der Waals surface area contributed by atoms with Gasteiger partial charge in [0.2, 0.25) is 0 Å². The van der Waals surface area contributed by atoms with Crippen LogP contribution in [0.5, 0.6) is 5.75 Å². The van der Waals surface area contributed by atoms with Gasteiger partial charge in [0.15, 0.2) is 0 Å². The first-order chi connectivity index (χ1) is 8.22. The Kier molecular flexibility index (Phi) is 4.29. The number of nitrogens with two attached hydrogens (primary N) is 1. The van der Waals surface area contributed by atoms with Crippen molar-refractivity contribution in [2.45, 2.75) is 30.6 Å². The van der Waals surface area contributed by atoms with Crippen LogP contribution >= 0.6 is 11.8 Å². The number of halogens is 1. The zero-order chi connectivity index (χ0) is 12.3. The smallest absolute Gasteiger partial charge is 0.123 e. The fourth-order valence-corrected chi connectivity index (χ4v) is 3.58. The number of ether oxygens (including phenoxy) is 1. The van der Waals surface area contributed by atoms with Crippen LogP contribution in [0.2, 0.25) is 0 Å². The first-order valence-corrected chi connectivity index (χ1v) is 6.98. The van der Waals surface area contributed by atoms with E-state index in [1.165, 1.54) is 25.0 Å². The summed E-state index contributed by atoms with van der Waals surface area (Å²) < 4.78 is 18.5. The highest BCUT2D eigenvalue weighted by Gasteiger charge is 2.25. The third-order valence-electron chi connectivity index (χ3n) is 3.17. The Balaban J connectivity index is 2.21. The van der Waals surface area contributed by atoms with Crippen LogP contribution in [0.25, 0.3) is 0 Å². The highest BCUT2D eigenvalue weighted by atomic mass is 32.2. The van der Waals surface area contributed by atoms with Crippen LogP contribution in [0.1, 0.15) is 30.9 Å². The molecule has 4 heteroatoms. The second-order valence-corrected chi connectivity index (χ2v) is 5.66. The first kappa shape index (κ1) is 12.7. The van der Waals surface area contributed by atoms with E-state index in [1.807, 2.05) is 11.8 Å². The lowest BCUT2D eigenvalue weighted by Crippen LogP contribution is -2.26. The van der Waals surface area contributed by atoms with Crippen molar-refractivity contribution in [1.82, 2.24) is 0 Å². The molecule has 2 unspecified atom stereocenters. The van der Waals surface area contributed by atoms with Gasteiger partial charge in [-0.2, -0.15) is 11.8 Å². The van der Waals surface area contributed by atoms with Crippen LogP contribution < -0.4 is 10.5 Å². The van der Waals surface area contributed by atoms with Gasteiger partial charge in [-0.15, -0.1) is 0 Å². The topological polar surface area (TPSA) is 35.2 Å². The molecular formula is C13H18FNOS. The predicted molar refractivity (Wildman–Crippen MR) is 70.0 cm³/mol. The highest BCUT2D eigenvalue weighted by Crippen LogP contribution is 2.36. The molecule has 2 nitrogen and oxygen atoms in total. The van der Waals surface area contributed by atoms with Gasteiger partial charge >= 0.3 is 0 Å². The molecule has 1 aliphatic heterocycles. The SMILES string of the molecule is COc1ccc(F)cc1C(N)C1CCCCS1. The minimum absolute atomic E-state index is 0.147. The fraction of sp³-hybridized carbons (Fsp3) is 0.538. The van der Waals surface area contributed by atoms with E-state index in [-0.39, 0.29) is 11.9 Å². The van der Waals surface area contributed by atoms with Crippen molar-refractivity contribution in [3.8, 4) is 5.75 Å². The minimum Gasteiger partial charge on any atom is -0.496 e. The highest BCUT2D eigenvalue weighted by molar-refractivity contribution is 8.00. The monoisotopic (exact) mass is 255 g/mol. The van der Waals surface area contributed by atoms with E-state index >= 15 is 0 Å². The van der Waals surface area contributed by atoms with Crippen LogP contribution in [0.4, 0.5) is 4.39 Å². The summed E-state index contributed by atoms with van der Waals surface area (Å²) in [7, 11) is 1.59. The normalized spacial score (nSPS) is 22.2. The van der Waals surface area contributed by atoms with Crippen molar-refractivity contribution in [2.24, 2.45) is 5.73 Å². The van der Waals surface area contributed by atoms with Gasteiger partial charge in [-0.1, -0.05) is 6.42 Å². The van der Waals surface area contributed by atoms with E-state index in [4.69, 9.17) is 10.5 Å². The second-order valence-electron chi connectivity index (χ2n) is 4.32. The van der Waals surface area contributed by atoms with Crippen molar-refractivity contribution >= 4 is 11.8 Å². The van der Waals surface area contributed by atoms with Crippen molar-refractivity contribution in [2.75, 3.05) is 12.9 Å². The Morgan fingerprint density at radius 1 is 1.47 bits per heavy atom. The molecule has 0 bridgehead atoms. The summed E-state index contributed by atoms with van der Waals surface area (Å²) in [5.74, 6) is 1.58. The minimum atomic E-state index is -0.253. The van der Waals surface area contributed by atoms with Crippen LogP contribution in [-0.4, -0.2) is 18.1 Å². The second kappa shape index (κ2) is 5.74. The first-order valence-electron chi connectivity index (χ1n) is 5.93. The van der Waals surface area contributed by atoms with Gasteiger partial charge in [-0.25, -0.2) is 4.39 Å². The van der Waals surface area contributed by atoms with E-state index < -0.39 is 0 Å². The third-order valence-corrected chi connectivity index (χ3v) is 4.65. The zero-order valence-electron chi connectivity index (χ0n) is 9.99. The standard InChI is InChI=1S/C13H18FNOS/c1-16-11-6-5-9(14)8-10(11)13(15)12-4-2-3-7-17-12/h5-6,8,12-13H,2-4,7,15H2,1H3. The van der Waals surface area contributed by atoms with Gasteiger partial charge in [0.1, 0.15) is 11.6 Å². The molecule has 17 heavy (non-hydrogen) atoms. The van der Waals surface area contributed by atoms with Crippen molar-refractivity contribution in [1.29, 1.82) is 0 Å². The lowest BCUT2D eigenvalue weighted by Gasteiger charge is -2.28. The third kappa shape index (κ3) is 2.93. The van der Waals surface area contributed by atoms with Crippen molar-refractivity contribution in [3.63, 3.8) is 0 Å². The summed E-state index contributed by atoms with van der Waals surface area (Å²) in [6.45, 7) is 0. The van der Waals surface area contributed by atoms with Crippen LogP contribution in [0, 0.1) is 5.82 Å². The van der Waals surface area contributed by atoms with Gasteiger partial charge in [-0.3, -0.25) is 0 Å². The van der Waals surface area contributed by atoms with E-state index in [2.05, 4.69) is 0 Å². The molecule has 0 aliphatic carbocycles. The van der Waals surface area contributed by atoms with E-state index in [0.29, 0.717) is 11.0 Å². The summed E-state index contributed by atoms with van der Waals surface area (Å²) in [5.41, 5.74) is 7.03. The molecule has 2 N–H and O–H groups in total. The number of rotatable bonds is 3. The molecule has 1 heterocycles. The summed E-state index contributed by atoms with van der Waals surface area (Å²) in [5, 5.41) is 0.374. The molecule has 0 amide bonds. The molecule has 0 aromatic heterocycles. The van der Waals surface area contributed by atoms with Crippen molar-refractivity contribution in [3.05, 3.63) is 29.6 Å². The molecule has 1 aliphatic rings. The van der Waals surface area contributed by atoms with Gasteiger partial charge in [0, 0.05) is 16.9 Å². The van der Waals surface area contributed by atoms with E-state index in [0.717, 1.165) is 17.7 Å².